The van der Waals surface area contributed by atoms with Gasteiger partial charge in [0.15, 0.2) is 9.84 Å². The molecule has 0 saturated heterocycles. The van der Waals surface area contributed by atoms with Crippen molar-refractivity contribution in [2.24, 2.45) is 0 Å². The Hall–Kier alpha value is -1.26. The molecule has 0 radical (unpaired) electrons. The van der Waals surface area contributed by atoms with Gasteiger partial charge in [0.05, 0.1) is 0 Å². The number of halogens is 1. The first kappa shape index (κ1) is 13.7. The number of nitrogen functional groups attached to an aromatic ring is 1. The molecule has 0 aromatic heterocycles. The zero-order valence-electron chi connectivity index (χ0n) is 8.06. The summed E-state index contributed by atoms with van der Waals surface area (Å²) in [6.07, 6.45) is 0. The molecule has 15 heavy (non-hydrogen) atoms. The molecule has 0 spiro atoms. The van der Waals surface area contributed by atoms with E-state index >= 15 is 0 Å². The number of hydrogen-bond donors (Lipinski definition) is 1. The maximum atomic E-state index is 10.1. The van der Waals surface area contributed by atoms with Gasteiger partial charge in [0, 0.05) is 21.5 Å². The molecule has 0 unspecified atom stereocenters. The average molecular weight is 246 g/mol. The highest BCUT2D eigenvalue weighted by atomic mass is 35.5. The van der Waals surface area contributed by atoms with Crippen molar-refractivity contribution in [1.29, 1.82) is 0 Å². The first-order valence-electron chi connectivity index (χ1n) is 3.92. The number of anilines is 1. The second-order valence-corrected chi connectivity index (χ2v) is 4.76. The summed E-state index contributed by atoms with van der Waals surface area (Å²) in [5.74, 6) is 0. The van der Waals surface area contributed by atoms with Gasteiger partial charge < -0.3 is 5.73 Å². The van der Waals surface area contributed by atoms with Crippen LogP contribution in [0.15, 0.2) is 48.2 Å². The molecule has 2 N–H and O–H groups in total. The predicted molar refractivity (Wildman–Crippen MR) is 65.2 cm³/mol. The van der Waals surface area contributed by atoms with E-state index in [-0.39, 0.29) is 0 Å². The van der Waals surface area contributed by atoms with Crippen molar-refractivity contribution in [3.8, 4) is 0 Å². The molecule has 0 bridgehead atoms. The van der Waals surface area contributed by atoms with Crippen molar-refractivity contribution in [2.75, 3.05) is 5.73 Å². The Morgan fingerprint density at radius 1 is 1.27 bits per heavy atom. The third-order valence-corrected chi connectivity index (χ3v) is 2.48. The van der Waals surface area contributed by atoms with Crippen molar-refractivity contribution in [2.45, 2.75) is 0 Å². The number of benzene rings is 1. The summed E-state index contributed by atoms with van der Waals surface area (Å²) < 4.78 is 20.3. The van der Waals surface area contributed by atoms with Crippen LogP contribution in [-0.4, -0.2) is 8.42 Å². The lowest BCUT2D eigenvalue weighted by molar-refractivity contribution is 0.613. The van der Waals surface area contributed by atoms with E-state index in [9.17, 15) is 8.42 Å². The highest BCUT2D eigenvalue weighted by Crippen LogP contribution is 2.10. The summed E-state index contributed by atoms with van der Waals surface area (Å²) in [5, 5.41) is 2.38. The molecule has 0 atom stereocenters. The molecule has 0 aliphatic rings. The van der Waals surface area contributed by atoms with Crippen LogP contribution < -0.4 is 5.73 Å². The molecule has 1 rings (SSSR count). The second-order valence-electron chi connectivity index (χ2n) is 2.48. The van der Waals surface area contributed by atoms with Crippen LogP contribution in [0.2, 0.25) is 5.02 Å². The van der Waals surface area contributed by atoms with Crippen molar-refractivity contribution >= 4 is 27.1 Å². The van der Waals surface area contributed by atoms with Gasteiger partial charge in [-0.15, -0.1) is 0 Å². The molecule has 3 nitrogen and oxygen atoms in total. The first-order valence-corrected chi connectivity index (χ1v) is 5.91. The van der Waals surface area contributed by atoms with Gasteiger partial charge in [-0.05, 0) is 18.2 Å². The lowest BCUT2D eigenvalue weighted by Crippen LogP contribution is -1.83. The number of nitrogens with two attached hydrogens (primary N) is 1. The Balaban J connectivity index is 0.000000265. The van der Waals surface area contributed by atoms with Crippen LogP contribution in [0.4, 0.5) is 5.69 Å². The fourth-order valence-electron chi connectivity index (χ4n) is 0.575. The summed E-state index contributed by atoms with van der Waals surface area (Å²) in [4.78, 5) is 0. The molecule has 0 saturated carbocycles. The average Bonchev–Trinajstić information content (AvgIpc) is 2.18. The van der Waals surface area contributed by atoms with E-state index in [0.29, 0.717) is 10.7 Å². The largest absolute Gasteiger partial charge is 0.399 e. The minimum atomic E-state index is -3.13. The first-order chi connectivity index (χ1) is 6.91. The Bertz CT molecular complexity index is 409. The van der Waals surface area contributed by atoms with Crippen LogP contribution in [0.3, 0.4) is 0 Å². The molecule has 5 heteroatoms. The lowest BCUT2D eigenvalue weighted by atomic mass is 10.3. The standard InChI is InChI=1S/C6H6ClN.C4H6O2S/c7-5-2-1-3-6(8)4-5;1-3-7(5,6)4-2/h1-4H,8H2;3-4H,1-2H2. The molecular weight excluding hydrogens is 234 g/mol. The van der Waals surface area contributed by atoms with Gasteiger partial charge in [-0.3, -0.25) is 0 Å². The molecule has 0 fully saturated rings. The van der Waals surface area contributed by atoms with E-state index in [1.165, 1.54) is 0 Å². The van der Waals surface area contributed by atoms with Gasteiger partial charge >= 0.3 is 0 Å². The van der Waals surface area contributed by atoms with Gasteiger partial charge in [0.1, 0.15) is 0 Å². The lowest BCUT2D eigenvalue weighted by Gasteiger charge is -1.89. The van der Waals surface area contributed by atoms with Crippen LogP contribution in [0, 0.1) is 0 Å². The normalized spacial score (nSPS) is 9.67. The summed E-state index contributed by atoms with van der Waals surface area (Å²) in [6, 6.07) is 7.11. The van der Waals surface area contributed by atoms with E-state index in [1.54, 1.807) is 18.2 Å². The Kier molecular flexibility index (Phi) is 5.74. The third kappa shape index (κ3) is 6.76. The summed E-state index contributed by atoms with van der Waals surface area (Å²) in [7, 11) is -3.13. The van der Waals surface area contributed by atoms with Crippen LogP contribution in [0.1, 0.15) is 0 Å². The number of hydrogen-bond acceptors (Lipinski definition) is 3. The molecule has 0 heterocycles. The van der Waals surface area contributed by atoms with Crippen molar-refractivity contribution in [1.82, 2.24) is 0 Å². The molecular formula is C10H12ClNO2S. The monoisotopic (exact) mass is 245 g/mol. The highest BCUT2D eigenvalue weighted by molar-refractivity contribution is 7.97. The van der Waals surface area contributed by atoms with Gasteiger partial charge in [-0.2, -0.15) is 0 Å². The number of rotatable bonds is 2. The fraction of sp³-hybridized carbons (Fsp3) is 0. The topological polar surface area (TPSA) is 60.2 Å². The molecule has 0 amide bonds. The predicted octanol–water partition coefficient (Wildman–Crippen LogP) is 2.61. The van der Waals surface area contributed by atoms with Crippen molar-refractivity contribution in [3.05, 3.63) is 53.3 Å². The van der Waals surface area contributed by atoms with Crippen LogP contribution in [0.25, 0.3) is 0 Å². The van der Waals surface area contributed by atoms with E-state index in [4.69, 9.17) is 17.3 Å². The summed E-state index contributed by atoms with van der Waals surface area (Å²) in [6.45, 7) is 6.09. The molecule has 0 aliphatic carbocycles. The van der Waals surface area contributed by atoms with Crippen LogP contribution in [-0.2, 0) is 9.84 Å². The number of sulfone groups is 1. The maximum absolute atomic E-state index is 10.1. The highest BCUT2D eigenvalue weighted by Gasteiger charge is 1.90. The van der Waals surface area contributed by atoms with Gasteiger partial charge in [-0.25, -0.2) is 8.42 Å². The Morgan fingerprint density at radius 2 is 1.80 bits per heavy atom. The fourth-order valence-corrected chi connectivity index (χ4v) is 0.909. The van der Waals surface area contributed by atoms with E-state index in [2.05, 4.69) is 13.2 Å². The van der Waals surface area contributed by atoms with Gasteiger partial charge in [-0.1, -0.05) is 30.8 Å². The minimum Gasteiger partial charge on any atom is -0.399 e. The quantitative estimate of drug-likeness (QED) is 0.815. The van der Waals surface area contributed by atoms with E-state index < -0.39 is 9.84 Å². The van der Waals surface area contributed by atoms with Crippen molar-refractivity contribution in [3.63, 3.8) is 0 Å². The third-order valence-electron chi connectivity index (χ3n) is 1.31. The molecule has 0 aliphatic heterocycles. The van der Waals surface area contributed by atoms with Crippen LogP contribution in [0.5, 0.6) is 0 Å². The smallest absolute Gasteiger partial charge is 0.191 e. The maximum Gasteiger partial charge on any atom is 0.191 e. The molecule has 1 aromatic carbocycles. The summed E-state index contributed by atoms with van der Waals surface area (Å²) in [5.41, 5.74) is 6.08. The summed E-state index contributed by atoms with van der Waals surface area (Å²) >= 11 is 5.56. The van der Waals surface area contributed by atoms with E-state index in [0.717, 1.165) is 10.8 Å². The molecule has 1 aromatic rings. The van der Waals surface area contributed by atoms with Crippen LogP contribution >= 0.6 is 11.6 Å². The Labute approximate surface area is 94.8 Å². The van der Waals surface area contributed by atoms with Crippen molar-refractivity contribution < 1.29 is 8.42 Å². The van der Waals surface area contributed by atoms with Gasteiger partial charge in [0.2, 0.25) is 0 Å². The zero-order valence-corrected chi connectivity index (χ0v) is 9.63. The van der Waals surface area contributed by atoms with Gasteiger partial charge in [0.25, 0.3) is 0 Å². The second kappa shape index (κ2) is 6.27. The van der Waals surface area contributed by atoms with E-state index in [1.807, 2.05) is 6.07 Å². The Morgan fingerprint density at radius 3 is 2.00 bits per heavy atom. The molecule has 82 valence electrons. The minimum absolute atomic E-state index is 0.685. The zero-order chi connectivity index (χ0) is 11.9. The SMILES string of the molecule is C=CS(=O)(=O)C=C.Nc1cccc(Cl)c1.